The Kier molecular flexibility index (Phi) is 8.47. The molecule has 1 amide bonds. The van der Waals surface area contributed by atoms with E-state index in [4.69, 9.17) is 4.74 Å². The number of nitrogens with one attached hydrogen (secondary N) is 1. The van der Waals surface area contributed by atoms with E-state index in [0.29, 0.717) is 23.2 Å². The van der Waals surface area contributed by atoms with Gasteiger partial charge in [0.1, 0.15) is 0 Å². The molecule has 0 bridgehead atoms. The van der Waals surface area contributed by atoms with Crippen molar-refractivity contribution in [2.75, 3.05) is 11.9 Å². The number of amides is 1. The van der Waals surface area contributed by atoms with Crippen molar-refractivity contribution >= 4 is 29.1 Å². The average Bonchev–Trinajstić information content (AvgIpc) is 2.72. The number of ketones is 2. The molecule has 0 heterocycles. The Hall–Kier alpha value is -3.28. The van der Waals surface area contributed by atoms with Crippen LogP contribution >= 0.6 is 0 Å². The van der Waals surface area contributed by atoms with Crippen LogP contribution in [0.5, 0.6) is 0 Å². The van der Waals surface area contributed by atoms with Crippen molar-refractivity contribution in [2.24, 2.45) is 0 Å². The van der Waals surface area contributed by atoms with Crippen LogP contribution in [-0.4, -0.2) is 30.0 Å². The minimum atomic E-state index is -0.592. The van der Waals surface area contributed by atoms with Gasteiger partial charge < -0.3 is 10.1 Å². The van der Waals surface area contributed by atoms with E-state index in [1.165, 1.54) is 0 Å². The Morgan fingerprint density at radius 2 is 1.57 bits per heavy atom. The molecule has 30 heavy (non-hydrogen) atoms. The molecular weight excluding hydrogens is 382 g/mol. The van der Waals surface area contributed by atoms with Crippen LogP contribution in [0.25, 0.3) is 0 Å². The third-order valence-electron chi connectivity index (χ3n) is 4.58. The summed E-state index contributed by atoms with van der Waals surface area (Å²) in [5.41, 5.74) is 3.43. The maximum absolute atomic E-state index is 12.3. The molecule has 6 heteroatoms. The highest BCUT2D eigenvalue weighted by molar-refractivity contribution is 6.00. The zero-order chi connectivity index (χ0) is 22.1. The fourth-order valence-corrected chi connectivity index (χ4v) is 2.88. The van der Waals surface area contributed by atoms with Gasteiger partial charge in [-0.3, -0.25) is 19.2 Å². The minimum absolute atomic E-state index is 0.0312. The zero-order valence-corrected chi connectivity index (χ0v) is 17.6. The SMILES string of the molecule is CCCC(=O)Nc1ccc(C(=O)COC(=O)CCC(=O)c2cc(C)ccc2C)cc1. The van der Waals surface area contributed by atoms with E-state index in [9.17, 15) is 19.2 Å². The lowest BCUT2D eigenvalue weighted by Crippen LogP contribution is -2.15. The topological polar surface area (TPSA) is 89.5 Å². The molecule has 0 spiro atoms. The summed E-state index contributed by atoms with van der Waals surface area (Å²) in [5, 5.41) is 2.74. The fraction of sp³-hybridized carbons (Fsp3) is 0.333. The van der Waals surface area contributed by atoms with Crippen molar-refractivity contribution in [1.29, 1.82) is 0 Å². The molecule has 6 nitrogen and oxygen atoms in total. The number of esters is 1. The molecule has 0 aliphatic carbocycles. The molecule has 0 radical (unpaired) electrons. The van der Waals surface area contributed by atoms with Crippen LogP contribution in [-0.2, 0) is 14.3 Å². The molecule has 0 fully saturated rings. The third kappa shape index (κ3) is 6.95. The standard InChI is InChI=1S/C24H27NO5/c1-4-5-23(28)25-19-10-8-18(9-11-19)22(27)15-30-24(29)13-12-21(26)20-14-16(2)6-7-17(20)3/h6-11,14H,4-5,12-13,15H2,1-3H3,(H,25,28). The van der Waals surface area contributed by atoms with Gasteiger partial charge in [0, 0.05) is 29.7 Å². The van der Waals surface area contributed by atoms with Crippen LogP contribution < -0.4 is 5.32 Å². The predicted molar refractivity (Wildman–Crippen MR) is 115 cm³/mol. The van der Waals surface area contributed by atoms with Crippen LogP contribution in [0.2, 0.25) is 0 Å². The molecular formula is C24H27NO5. The van der Waals surface area contributed by atoms with Gasteiger partial charge in [-0.1, -0.05) is 24.6 Å². The van der Waals surface area contributed by atoms with Gasteiger partial charge in [0.05, 0.1) is 6.42 Å². The number of benzene rings is 2. The maximum atomic E-state index is 12.3. The number of aryl methyl sites for hydroxylation is 2. The quantitative estimate of drug-likeness (QED) is 0.463. The van der Waals surface area contributed by atoms with Gasteiger partial charge in [0.25, 0.3) is 0 Å². The van der Waals surface area contributed by atoms with Crippen molar-refractivity contribution in [3.63, 3.8) is 0 Å². The minimum Gasteiger partial charge on any atom is -0.457 e. The highest BCUT2D eigenvalue weighted by Gasteiger charge is 2.14. The summed E-state index contributed by atoms with van der Waals surface area (Å²) < 4.78 is 5.01. The number of hydrogen-bond acceptors (Lipinski definition) is 5. The Balaban J connectivity index is 1.80. The van der Waals surface area contributed by atoms with Gasteiger partial charge in [-0.25, -0.2) is 0 Å². The molecule has 0 saturated carbocycles. The molecule has 0 saturated heterocycles. The number of hydrogen-bond donors (Lipinski definition) is 1. The molecule has 0 aliphatic rings. The van der Waals surface area contributed by atoms with Crippen molar-refractivity contribution in [2.45, 2.75) is 46.5 Å². The summed E-state index contributed by atoms with van der Waals surface area (Å²) in [4.78, 5) is 48.0. The second-order valence-electron chi connectivity index (χ2n) is 7.20. The van der Waals surface area contributed by atoms with E-state index in [-0.39, 0.29) is 30.3 Å². The summed E-state index contributed by atoms with van der Waals surface area (Å²) in [7, 11) is 0. The third-order valence-corrected chi connectivity index (χ3v) is 4.58. The van der Waals surface area contributed by atoms with E-state index in [2.05, 4.69) is 5.32 Å². The van der Waals surface area contributed by atoms with Crippen LogP contribution in [0.3, 0.4) is 0 Å². The lowest BCUT2D eigenvalue weighted by atomic mass is 9.99. The van der Waals surface area contributed by atoms with Crippen molar-refractivity contribution in [1.82, 2.24) is 0 Å². The second-order valence-corrected chi connectivity index (χ2v) is 7.20. The normalized spacial score (nSPS) is 10.4. The molecule has 2 rings (SSSR count). The van der Waals surface area contributed by atoms with Gasteiger partial charge in [0.15, 0.2) is 18.2 Å². The lowest BCUT2D eigenvalue weighted by molar-refractivity contribution is -0.142. The summed E-state index contributed by atoms with van der Waals surface area (Å²) in [6, 6.07) is 12.0. The Morgan fingerprint density at radius 3 is 2.23 bits per heavy atom. The molecule has 1 N–H and O–H groups in total. The number of rotatable bonds is 10. The number of carbonyl (C=O) groups excluding carboxylic acids is 4. The molecule has 158 valence electrons. The van der Waals surface area contributed by atoms with Gasteiger partial charge in [-0.15, -0.1) is 0 Å². The molecule has 0 unspecified atom stereocenters. The van der Waals surface area contributed by atoms with Crippen LogP contribution in [0, 0.1) is 13.8 Å². The first kappa shape index (κ1) is 23.0. The highest BCUT2D eigenvalue weighted by Crippen LogP contribution is 2.15. The van der Waals surface area contributed by atoms with E-state index in [1.54, 1.807) is 30.3 Å². The van der Waals surface area contributed by atoms with Crippen LogP contribution in [0.4, 0.5) is 5.69 Å². The highest BCUT2D eigenvalue weighted by atomic mass is 16.5. The maximum Gasteiger partial charge on any atom is 0.306 e. The summed E-state index contributed by atoms with van der Waals surface area (Å²) >= 11 is 0. The Bertz CT molecular complexity index is 931. The number of Topliss-reactive ketones (excluding diaryl/α,β-unsaturated/α-hetero) is 2. The molecule has 0 atom stereocenters. The average molecular weight is 409 g/mol. The summed E-state index contributed by atoms with van der Waals surface area (Å²) in [6.07, 6.45) is 1.14. The number of anilines is 1. The summed E-state index contributed by atoms with van der Waals surface area (Å²) in [6.45, 7) is 5.28. The fourth-order valence-electron chi connectivity index (χ4n) is 2.88. The number of ether oxygens (including phenoxy) is 1. The van der Waals surface area contributed by atoms with Crippen molar-refractivity contribution in [3.8, 4) is 0 Å². The van der Waals surface area contributed by atoms with Gasteiger partial charge in [-0.2, -0.15) is 0 Å². The first-order valence-electron chi connectivity index (χ1n) is 9.99. The van der Waals surface area contributed by atoms with E-state index in [1.807, 2.05) is 32.9 Å². The molecule has 0 aliphatic heterocycles. The van der Waals surface area contributed by atoms with Crippen molar-refractivity contribution in [3.05, 3.63) is 64.7 Å². The van der Waals surface area contributed by atoms with Gasteiger partial charge >= 0.3 is 5.97 Å². The van der Waals surface area contributed by atoms with Crippen LogP contribution in [0.1, 0.15) is 64.4 Å². The largest absolute Gasteiger partial charge is 0.457 e. The van der Waals surface area contributed by atoms with E-state index >= 15 is 0 Å². The Morgan fingerprint density at radius 1 is 0.867 bits per heavy atom. The number of carbonyl (C=O) groups is 4. The van der Waals surface area contributed by atoms with Gasteiger partial charge in [-0.05, 0) is 56.2 Å². The smallest absolute Gasteiger partial charge is 0.306 e. The zero-order valence-electron chi connectivity index (χ0n) is 17.6. The van der Waals surface area contributed by atoms with Gasteiger partial charge in [0.2, 0.25) is 5.91 Å². The van der Waals surface area contributed by atoms with Crippen LogP contribution in [0.15, 0.2) is 42.5 Å². The lowest BCUT2D eigenvalue weighted by Gasteiger charge is -2.08. The predicted octanol–water partition coefficient (Wildman–Crippen LogP) is 4.43. The Labute approximate surface area is 176 Å². The first-order valence-corrected chi connectivity index (χ1v) is 9.99. The van der Waals surface area contributed by atoms with E-state index < -0.39 is 12.6 Å². The first-order chi connectivity index (χ1) is 14.3. The van der Waals surface area contributed by atoms with E-state index in [0.717, 1.165) is 17.5 Å². The second kappa shape index (κ2) is 11.0. The molecule has 2 aromatic rings. The monoisotopic (exact) mass is 409 g/mol. The molecule has 2 aromatic carbocycles. The molecule has 0 aromatic heterocycles. The van der Waals surface area contributed by atoms with Crippen molar-refractivity contribution < 1.29 is 23.9 Å². The summed E-state index contributed by atoms with van der Waals surface area (Å²) in [5.74, 6) is -1.15.